The van der Waals surface area contributed by atoms with Gasteiger partial charge in [-0.2, -0.15) is 4.31 Å². The molecule has 2 heterocycles. The fraction of sp³-hybridized carbons (Fsp3) is 0.667. The number of nitrogens with zero attached hydrogens (tertiary/aromatic N) is 2. The van der Waals surface area contributed by atoms with E-state index in [1.807, 2.05) is 0 Å². The van der Waals surface area contributed by atoms with Gasteiger partial charge in [0, 0.05) is 13.1 Å². The standard InChI is InChI=1S/C12H19N3O4S/c1-3-12(11(16)17)5-4-6-15(8-12)20(18,19)10-7-13-9(2)14-10/h7H,3-6,8H2,1-2H3,(H,13,14)(H,16,17). The first-order chi connectivity index (χ1) is 9.32. The zero-order valence-corrected chi connectivity index (χ0v) is 12.4. The number of hydrogen-bond donors (Lipinski definition) is 2. The number of aryl methyl sites for hydroxylation is 1. The van der Waals surface area contributed by atoms with Crippen LogP contribution in [-0.2, 0) is 14.8 Å². The van der Waals surface area contributed by atoms with E-state index in [0.29, 0.717) is 31.6 Å². The maximum Gasteiger partial charge on any atom is 0.310 e. The molecule has 20 heavy (non-hydrogen) atoms. The Morgan fingerprint density at radius 2 is 2.30 bits per heavy atom. The summed E-state index contributed by atoms with van der Waals surface area (Å²) in [7, 11) is -3.70. The van der Waals surface area contributed by atoms with Crippen LogP contribution < -0.4 is 0 Å². The Morgan fingerprint density at radius 1 is 1.60 bits per heavy atom. The lowest BCUT2D eigenvalue weighted by atomic mass is 9.78. The van der Waals surface area contributed by atoms with E-state index in [-0.39, 0.29) is 11.6 Å². The fourth-order valence-corrected chi connectivity index (χ4v) is 4.10. The summed E-state index contributed by atoms with van der Waals surface area (Å²) < 4.78 is 26.2. The van der Waals surface area contributed by atoms with Gasteiger partial charge >= 0.3 is 5.97 Å². The summed E-state index contributed by atoms with van der Waals surface area (Å²) in [6.07, 6.45) is 2.74. The molecule has 1 unspecified atom stereocenters. The molecule has 2 N–H and O–H groups in total. The highest BCUT2D eigenvalue weighted by molar-refractivity contribution is 7.89. The van der Waals surface area contributed by atoms with Gasteiger partial charge in [-0.1, -0.05) is 6.92 Å². The van der Waals surface area contributed by atoms with Crippen molar-refractivity contribution in [2.45, 2.75) is 38.1 Å². The zero-order chi connectivity index (χ0) is 15.0. The molecule has 0 aromatic carbocycles. The molecular formula is C12H19N3O4S. The average molecular weight is 301 g/mol. The topological polar surface area (TPSA) is 103 Å². The lowest BCUT2D eigenvalue weighted by molar-refractivity contribution is -0.151. The van der Waals surface area contributed by atoms with E-state index in [1.165, 1.54) is 10.5 Å². The second-order valence-corrected chi connectivity index (χ2v) is 7.12. The predicted octanol–water partition coefficient (Wildman–Crippen LogP) is 0.984. The third-order valence-electron chi connectivity index (χ3n) is 3.97. The number of aromatic amines is 1. The number of H-pyrrole nitrogens is 1. The highest BCUT2D eigenvalue weighted by atomic mass is 32.2. The van der Waals surface area contributed by atoms with Crippen molar-refractivity contribution in [2.24, 2.45) is 5.41 Å². The van der Waals surface area contributed by atoms with Gasteiger partial charge in [0.05, 0.1) is 11.6 Å². The van der Waals surface area contributed by atoms with Crippen LogP contribution in [0.1, 0.15) is 32.0 Å². The summed E-state index contributed by atoms with van der Waals surface area (Å²) in [4.78, 5) is 18.1. The molecule has 8 heteroatoms. The number of carboxylic acid groups (broad SMARTS) is 1. The van der Waals surface area contributed by atoms with Gasteiger partial charge in [0.15, 0.2) is 5.03 Å². The normalized spacial score (nSPS) is 24.7. The van der Waals surface area contributed by atoms with E-state index in [1.54, 1.807) is 13.8 Å². The van der Waals surface area contributed by atoms with Gasteiger partial charge in [-0.05, 0) is 26.2 Å². The lowest BCUT2D eigenvalue weighted by Crippen LogP contribution is -2.49. The lowest BCUT2D eigenvalue weighted by Gasteiger charge is -2.38. The van der Waals surface area contributed by atoms with Crippen molar-refractivity contribution in [2.75, 3.05) is 13.1 Å². The Bertz CT molecular complexity index is 610. The van der Waals surface area contributed by atoms with Crippen molar-refractivity contribution in [1.82, 2.24) is 14.3 Å². The summed E-state index contributed by atoms with van der Waals surface area (Å²) >= 11 is 0. The minimum Gasteiger partial charge on any atom is -0.481 e. The molecule has 1 aromatic heterocycles. The van der Waals surface area contributed by atoms with Crippen molar-refractivity contribution in [3.63, 3.8) is 0 Å². The number of rotatable bonds is 4. The molecule has 1 aliphatic heterocycles. The first-order valence-electron chi connectivity index (χ1n) is 6.57. The van der Waals surface area contributed by atoms with Crippen molar-refractivity contribution >= 4 is 16.0 Å². The number of nitrogens with one attached hydrogen (secondary N) is 1. The van der Waals surface area contributed by atoms with Crippen LogP contribution in [0.3, 0.4) is 0 Å². The van der Waals surface area contributed by atoms with Crippen LogP contribution in [0.4, 0.5) is 0 Å². The van der Waals surface area contributed by atoms with Crippen LogP contribution in [0.2, 0.25) is 0 Å². The molecule has 1 atom stereocenters. The van der Waals surface area contributed by atoms with E-state index in [2.05, 4.69) is 9.97 Å². The quantitative estimate of drug-likeness (QED) is 0.863. The second-order valence-electron chi connectivity index (χ2n) is 5.21. The highest BCUT2D eigenvalue weighted by Gasteiger charge is 2.44. The summed E-state index contributed by atoms with van der Waals surface area (Å²) in [6, 6.07) is 0. The number of piperidine rings is 1. The molecule has 0 amide bonds. The van der Waals surface area contributed by atoms with Crippen LogP contribution >= 0.6 is 0 Å². The second kappa shape index (κ2) is 5.17. The molecule has 2 rings (SSSR count). The minimum atomic E-state index is -3.70. The smallest absolute Gasteiger partial charge is 0.310 e. The minimum absolute atomic E-state index is 0.0131. The number of hydrogen-bond acceptors (Lipinski definition) is 4. The Balaban J connectivity index is 2.31. The molecule has 0 radical (unpaired) electrons. The van der Waals surface area contributed by atoms with Crippen LogP contribution in [0.5, 0.6) is 0 Å². The van der Waals surface area contributed by atoms with E-state index < -0.39 is 21.4 Å². The molecular weight excluding hydrogens is 282 g/mol. The molecule has 0 bridgehead atoms. The molecule has 1 fully saturated rings. The van der Waals surface area contributed by atoms with E-state index in [9.17, 15) is 18.3 Å². The fourth-order valence-electron chi connectivity index (χ4n) is 2.58. The molecule has 0 aliphatic carbocycles. The maximum absolute atomic E-state index is 12.5. The first kappa shape index (κ1) is 15.0. The third kappa shape index (κ3) is 2.45. The van der Waals surface area contributed by atoms with E-state index >= 15 is 0 Å². The van der Waals surface area contributed by atoms with Gasteiger partial charge in [0.1, 0.15) is 5.82 Å². The molecule has 1 aliphatic rings. The molecule has 1 aromatic rings. The van der Waals surface area contributed by atoms with Crippen molar-refractivity contribution in [3.05, 3.63) is 12.0 Å². The van der Waals surface area contributed by atoms with E-state index in [0.717, 1.165) is 0 Å². The Labute approximate surface area is 118 Å². The highest BCUT2D eigenvalue weighted by Crippen LogP contribution is 2.35. The molecule has 0 saturated carbocycles. The Morgan fingerprint density at radius 3 is 2.80 bits per heavy atom. The van der Waals surface area contributed by atoms with E-state index in [4.69, 9.17) is 0 Å². The van der Waals surface area contributed by atoms with Crippen molar-refractivity contribution < 1.29 is 18.3 Å². The van der Waals surface area contributed by atoms with Gasteiger partial charge in [0.25, 0.3) is 10.0 Å². The van der Waals surface area contributed by atoms with Gasteiger partial charge < -0.3 is 10.1 Å². The van der Waals surface area contributed by atoms with Gasteiger partial charge in [-0.3, -0.25) is 4.79 Å². The SMILES string of the molecule is CCC1(C(=O)O)CCCN(S(=O)(=O)c2cnc(C)[nH]2)C1. The van der Waals surface area contributed by atoms with Gasteiger partial charge in [-0.25, -0.2) is 13.4 Å². The molecule has 1 saturated heterocycles. The van der Waals surface area contributed by atoms with Crippen LogP contribution in [-0.4, -0.2) is 46.9 Å². The maximum atomic E-state index is 12.5. The van der Waals surface area contributed by atoms with Gasteiger partial charge in [0.2, 0.25) is 0 Å². The third-order valence-corrected chi connectivity index (χ3v) is 5.72. The molecule has 0 spiro atoms. The van der Waals surface area contributed by atoms with Crippen molar-refractivity contribution in [3.8, 4) is 0 Å². The average Bonchev–Trinajstić information content (AvgIpc) is 2.86. The first-order valence-corrected chi connectivity index (χ1v) is 8.01. The van der Waals surface area contributed by atoms with Crippen LogP contribution in [0, 0.1) is 12.3 Å². The molecule has 7 nitrogen and oxygen atoms in total. The number of aromatic nitrogens is 2. The number of carbonyl (C=O) groups is 1. The van der Waals surface area contributed by atoms with Crippen LogP contribution in [0.15, 0.2) is 11.2 Å². The summed E-state index contributed by atoms with van der Waals surface area (Å²) in [5.74, 6) is -0.415. The summed E-state index contributed by atoms with van der Waals surface area (Å²) in [6.45, 7) is 3.81. The number of sulfonamides is 1. The largest absolute Gasteiger partial charge is 0.481 e. The zero-order valence-electron chi connectivity index (χ0n) is 11.6. The Kier molecular flexibility index (Phi) is 3.88. The van der Waals surface area contributed by atoms with Crippen molar-refractivity contribution in [1.29, 1.82) is 0 Å². The Hall–Kier alpha value is -1.41. The number of aliphatic carboxylic acids is 1. The molecule has 112 valence electrons. The van der Waals surface area contributed by atoms with Crippen LogP contribution in [0.25, 0.3) is 0 Å². The number of imidazole rings is 1. The summed E-state index contributed by atoms with van der Waals surface area (Å²) in [5, 5.41) is 9.43. The number of carboxylic acids is 1. The monoisotopic (exact) mass is 301 g/mol. The van der Waals surface area contributed by atoms with Gasteiger partial charge in [-0.15, -0.1) is 0 Å². The summed E-state index contributed by atoms with van der Waals surface area (Å²) in [5.41, 5.74) is -0.986. The predicted molar refractivity (Wildman–Crippen MR) is 71.7 cm³/mol.